The molecule has 0 aliphatic heterocycles. The van der Waals surface area contributed by atoms with Crippen molar-refractivity contribution in [3.63, 3.8) is 0 Å². The fraction of sp³-hybridized carbons (Fsp3) is 0. The molecular formula is C64H41NO. The third-order valence-corrected chi connectivity index (χ3v) is 13.4. The van der Waals surface area contributed by atoms with Gasteiger partial charge in [0.1, 0.15) is 11.2 Å². The molecule has 0 saturated carbocycles. The average Bonchev–Trinajstić information content (AvgIpc) is 3.79. The minimum atomic E-state index is 0.861. The second-order valence-corrected chi connectivity index (χ2v) is 17.2. The molecule has 2 heteroatoms. The molecule has 13 rings (SSSR count). The Labute approximate surface area is 382 Å². The number of nitrogens with zero attached hydrogens (tertiary/aromatic N) is 1. The van der Waals surface area contributed by atoms with Crippen LogP contribution in [0.1, 0.15) is 0 Å². The van der Waals surface area contributed by atoms with Gasteiger partial charge in [-0.2, -0.15) is 0 Å². The van der Waals surface area contributed by atoms with Gasteiger partial charge in [-0.3, -0.25) is 0 Å². The smallest absolute Gasteiger partial charge is 0.145 e. The van der Waals surface area contributed by atoms with Gasteiger partial charge in [-0.15, -0.1) is 0 Å². The molecule has 0 aliphatic carbocycles. The van der Waals surface area contributed by atoms with Crippen LogP contribution in [0.2, 0.25) is 0 Å². The summed E-state index contributed by atoms with van der Waals surface area (Å²) in [5.41, 5.74) is 14.1. The van der Waals surface area contributed by atoms with Gasteiger partial charge in [-0.1, -0.05) is 188 Å². The van der Waals surface area contributed by atoms with Gasteiger partial charge in [0, 0.05) is 22.3 Å². The lowest BCUT2D eigenvalue weighted by Gasteiger charge is -2.27. The van der Waals surface area contributed by atoms with E-state index < -0.39 is 0 Å². The zero-order valence-electron chi connectivity index (χ0n) is 36.0. The van der Waals surface area contributed by atoms with E-state index in [-0.39, 0.29) is 0 Å². The molecule has 1 heterocycles. The molecule has 0 bridgehead atoms. The number of benzene rings is 12. The molecule has 0 fully saturated rings. The van der Waals surface area contributed by atoms with Gasteiger partial charge in [-0.05, 0) is 143 Å². The highest BCUT2D eigenvalue weighted by atomic mass is 16.3. The molecular weight excluding hydrogens is 799 g/mol. The molecule has 66 heavy (non-hydrogen) atoms. The van der Waals surface area contributed by atoms with Crippen molar-refractivity contribution in [2.45, 2.75) is 0 Å². The molecule has 13 aromatic rings. The van der Waals surface area contributed by atoms with Crippen molar-refractivity contribution in [1.29, 1.82) is 0 Å². The third-order valence-electron chi connectivity index (χ3n) is 13.4. The minimum absolute atomic E-state index is 0.861. The van der Waals surface area contributed by atoms with E-state index in [9.17, 15) is 0 Å². The van der Waals surface area contributed by atoms with E-state index >= 15 is 0 Å². The SMILES string of the molecule is c1ccc(-c2cccc(-c3cccc(N(c4ccc(-c5ccc6c7ccccc7c7ccccc7c6c5)cc4)c4ccc(-c5ccc6ccccc6c5)c5oc6ccccc6c45)c3)c2)cc1. The summed E-state index contributed by atoms with van der Waals surface area (Å²) in [7, 11) is 0. The molecule has 0 amide bonds. The predicted octanol–water partition coefficient (Wildman–Crippen LogP) is 18.3. The van der Waals surface area contributed by atoms with Crippen LogP contribution in [0, 0.1) is 0 Å². The van der Waals surface area contributed by atoms with Crippen LogP contribution < -0.4 is 4.90 Å². The zero-order chi connectivity index (χ0) is 43.6. The van der Waals surface area contributed by atoms with E-state index in [0.717, 1.165) is 66.8 Å². The lowest BCUT2D eigenvalue weighted by molar-refractivity contribution is 0.670. The maximum Gasteiger partial charge on any atom is 0.145 e. The number of rotatable bonds is 7. The van der Waals surface area contributed by atoms with E-state index in [0.29, 0.717) is 0 Å². The molecule has 12 aromatic carbocycles. The normalized spacial score (nSPS) is 11.6. The number of hydrogen-bond donors (Lipinski definition) is 0. The first-order valence-electron chi connectivity index (χ1n) is 22.7. The Balaban J connectivity index is 0.992. The van der Waals surface area contributed by atoms with Crippen molar-refractivity contribution >= 4 is 82.1 Å². The van der Waals surface area contributed by atoms with Crippen molar-refractivity contribution in [3.8, 4) is 44.5 Å². The first-order valence-corrected chi connectivity index (χ1v) is 22.7. The Morgan fingerprint density at radius 2 is 0.803 bits per heavy atom. The van der Waals surface area contributed by atoms with Crippen molar-refractivity contribution < 1.29 is 4.42 Å². The first kappa shape index (κ1) is 37.8. The van der Waals surface area contributed by atoms with Crippen LogP contribution >= 0.6 is 0 Å². The number of hydrogen-bond acceptors (Lipinski definition) is 2. The van der Waals surface area contributed by atoms with Crippen LogP contribution in [-0.4, -0.2) is 0 Å². The Morgan fingerprint density at radius 3 is 1.56 bits per heavy atom. The van der Waals surface area contributed by atoms with Crippen LogP contribution in [0.4, 0.5) is 17.1 Å². The van der Waals surface area contributed by atoms with E-state index in [1.54, 1.807) is 0 Å². The number of fused-ring (bicyclic) bond motifs is 10. The van der Waals surface area contributed by atoms with Crippen molar-refractivity contribution in [2.24, 2.45) is 0 Å². The Morgan fingerprint density at radius 1 is 0.273 bits per heavy atom. The van der Waals surface area contributed by atoms with E-state index in [1.807, 2.05) is 0 Å². The summed E-state index contributed by atoms with van der Waals surface area (Å²) in [6.45, 7) is 0. The molecule has 0 N–H and O–H groups in total. The Bertz CT molecular complexity index is 3960. The largest absolute Gasteiger partial charge is 0.455 e. The first-order chi connectivity index (χ1) is 32.7. The van der Waals surface area contributed by atoms with E-state index in [1.165, 1.54) is 59.8 Å². The van der Waals surface area contributed by atoms with Gasteiger partial charge in [0.15, 0.2) is 0 Å². The molecule has 308 valence electrons. The summed E-state index contributed by atoms with van der Waals surface area (Å²) in [6, 6.07) is 90.2. The summed E-state index contributed by atoms with van der Waals surface area (Å²) in [4.78, 5) is 2.41. The number of furan rings is 1. The highest BCUT2D eigenvalue weighted by Gasteiger charge is 2.23. The maximum atomic E-state index is 6.90. The molecule has 0 unspecified atom stereocenters. The standard InChI is InChI=1S/C64H41NO/c1-2-14-42(15-3-1)46-18-12-19-47(38-46)48-20-13-21-52(40-48)65(61-37-36-53(50-29-28-43-16-4-5-17-45(43)39-50)64-63(61)59-26-10-11-27-62(59)66-64)51-33-30-44(31-34-51)49-32-35-58-56-24-7-6-22-54(56)55-23-8-9-25-57(55)60(58)41-49/h1-41H. The van der Waals surface area contributed by atoms with Gasteiger partial charge < -0.3 is 9.32 Å². The fourth-order valence-electron chi connectivity index (χ4n) is 10.2. The summed E-state index contributed by atoms with van der Waals surface area (Å²) in [6.07, 6.45) is 0. The van der Waals surface area contributed by atoms with Crippen LogP contribution in [-0.2, 0) is 0 Å². The topological polar surface area (TPSA) is 16.4 Å². The zero-order valence-corrected chi connectivity index (χ0v) is 36.0. The molecule has 2 nitrogen and oxygen atoms in total. The van der Waals surface area contributed by atoms with Crippen molar-refractivity contribution in [1.82, 2.24) is 0 Å². The summed E-state index contributed by atoms with van der Waals surface area (Å²) >= 11 is 0. The van der Waals surface area contributed by atoms with Gasteiger partial charge in [-0.25, -0.2) is 0 Å². The Hall–Kier alpha value is -8.72. The van der Waals surface area contributed by atoms with E-state index in [4.69, 9.17) is 4.42 Å². The summed E-state index contributed by atoms with van der Waals surface area (Å²) in [5, 5.41) is 12.2. The second-order valence-electron chi connectivity index (χ2n) is 17.2. The molecule has 0 saturated heterocycles. The highest BCUT2D eigenvalue weighted by molar-refractivity contribution is 6.26. The number of para-hydroxylation sites is 1. The van der Waals surface area contributed by atoms with Crippen LogP contribution in [0.15, 0.2) is 253 Å². The van der Waals surface area contributed by atoms with Gasteiger partial charge in [0.05, 0.1) is 11.1 Å². The summed E-state index contributed by atoms with van der Waals surface area (Å²) < 4.78 is 6.90. The second kappa shape index (κ2) is 15.5. The maximum absolute atomic E-state index is 6.90. The fourth-order valence-corrected chi connectivity index (χ4v) is 10.2. The Kier molecular flexibility index (Phi) is 8.89. The molecule has 1 aromatic heterocycles. The van der Waals surface area contributed by atoms with Crippen molar-refractivity contribution in [2.75, 3.05) is 4.90 Å². The van der Waals surface area contributed by atoms with Crippen LogP contribution in [0.5, 0.6) is 0 Å². The monoisotopic (exact) mass is 839 g/mol. The van der Waals surface area contributed by atoms with Gasteiger partial charge in [0.25, 0.3) is 0 Å². The van der Waals surface area contributed by atoms with Crippen LogP contribution in [0.3, 0.4) is 0 Å². The molecule has 0 spiro atoms. The number of anilines is 3. The van der Waals surface area contributed by atoms with Gasteiger partial charge >= 0.3 is 0 Å². The van der Waals surface area contributed by atoms with E-state index in [2.05, 4.69) is 254 Å². The molecule has 0 radical (unpaired) electrons. The average molecular weight is 840 g/mol. The van der Waals surface area contributed by atoms with Crippen molar-refractivity contribution in [3.05, 3.63) is 249 Å². The van der Waals surface area contributed by atoms with Crippen LogP contribution in [0.25, 0.3) is 110 Å². The highest BCUT2D eigenvalue weighted by Crippen LogP contribution is 2.47. The lowest BCUT2D eigenvalue weighted by atomic mass is 9.92. The molecule has 0 atom stereocenters. The predicted molar refractivity (Wildman–Crippen MR) is 280 cm³/mol. The van der Waals surface area contributed by atoms with Gasteiger partial charge in [0.2, 0.25) is 0 Å². The molecule has 0 aliphatic rings. The minimum Gasteiger partial charge on any atom is -0.455 e. The quantitative estimate of drug-likeness (QED) is 0.149. The summed E-state index contributed by atoms with van der Waals surface area (Å²) in [5.74, 6) is 0. The lowest BCUT2D eigenvalue weighted by Crippen LogP contribution is -2.10. The third kappa shape index (κ3) is 6.34.